The second-order valence-electron chi connectivity index (χ2n) is 2.83. The molecule has 2 nitrogen and oxygen atoms in total. The van der Waals surface area contributed by atoms with Gasteiger partial charge < -0.3 is 0 Å². The Hall–Kier alpha value is -1.36. The molecule has 0 heterocycles. The van der Waals surface area contributed by atoms with Crippen LogP contribution in [0.3, 0.4) is 0 Å². The molecule has 0 bridgehead atoms. The summed E-state index contributed by atoms with van der Waals surface area (Å²) in [5, 5.41) is 8.52. The highest BCUT2D eigenvalue weighted by Crippen LogP contribution is 1.99. The Labute approximate surface area is 73.9 Å². The molecule has 0 unspecified atom stereocenters. The van der Waals surface area contributed by atoms with E-state index in [0.717, 1.165) is 5.71 Å². The Morgan fingerprint density at radius 2 is 2.17 bits per heavy atom. The van der Waals surface area contributed by atoms with E-state index in [-0.39, 0.29) is 0 Å². The van der Waals surface area contributed by atoms with Gasteiger partial charge in [0.05, 0.1) is 5.57 Å². The van der Waals surface area contributed by atoms with Gasteiger partial charge in [-0.25, -0.2) is 0 Å². The van der Waals surface area contributed by atoms with Crippen LogP contribution in [0.2, 0.25) is 0 Å². The maximum absolute atomic E-state index is 8.52. The molecule has 64 valence electrons. The van der Waals surface area contributed by atoms with Gasteiger partial charge in [0, 0.05) is 11.9 Å². The predicted octanol–water partition coefficient (Wildman–Crippen LogP) is 2.70. The first-order valence-electron chi connectivity index (χ1n) is 3.88. The lowest BCUT2D eigenvalue weighted by Gasteiger charge is -2.00. The number of allylic oxidation sites excluding steroid dienone is 2. The minimum absolute atomic E-state index is 0.422. The van der Waals surface area contributed by atoms with E-state index >= 15 is 0 Å². The minimum Gasteiger partial charge on any atom is -0.264 e. The molecule has 2 heteroatoms. The summed E-state index contributed by atoms with van der Waals surface area (Å²) in [6.07, 6.45) is 3.04. The topological polar surface area (TPSA) is 36.1 Å². The van der Waals surface area contributed by atoms with Crippen LogP contribution >= 0.6 is 0 Å². The monoisotopic (exact) mass is 162 g/mol. The SMILES string of the molecule is C=C/C(C#N)=C\N=C(C)C(C)C. The zero-order valence-electron chi connectivity index (χ0n) is 7.83. The van der Waals surface area contributed by atoms with Gasteiger partial charge in [-0.05, 0) is 12.8 Å². The fourth-order valence-electron chi connectivity index (χ4n) is 0.448. The minimum atomic E-state index is 0.422. The van der Waals surface area contributed by atoms with Gasteiger partial charge in [-0.1, -0.05) is 26.5 Å². The Balaban J connectivity index is 4.48. The largest absolute Gasteiger partial charge is 0.264 e. The van der Waals surface area contributed by atoms with Crippen molar-refractivity contribution in [1.29, 1.82) is 5.26 Å². The van der Waals surface area contributed by atoms with E-state index in [4.69, 9.17) is 5.26 Å². The molecule has 12 heavy (non-hydrogen) atoms. The normalized spacial score (nSPS) is 12.9. The van der Waals surface area contributed by atoms with Crippen LogP contribution in [0.25, 0.3) is 0 Å². The van der Waals surface area contributed by atoms with Crippen molar-refractivity contribution in [3.63, 3.8) is 0 Å². The fraction of sp³-hybridized carbons (Fsp3) is 0.400. The fourth-order valence-corrected chi connectivity index (χ4v) is 0.448. The molecule has 0 spiro atoms. The summed E-state index contributed by atoms with van der Waals surface area (Å²) in [4.78, 5) is 4.13. The lowest BCUT2D eigenvalue weighted by molar-refractivity contribution is 0.878. The van der Waals surface area contributed by atoms with E-state index in [0.29, 0.717) is 11.5 Å². The van der Waals surface area contributed by atoms with Crippen LogP contribution in [0.1, 0.15) is 20.8 Å². The molecule has 0 saturated carbocycles. The molecule has 0 atom stereocenters. The molecule has 0 saturated heterocycles. The van der Waals surface area contributed by atoms with Gasteiger partial charge in [0.2, 0.25) is 0 Å². The van der Waals surface area contributed by atoms with Crippen LogP contribution in [-0.4, -0.2) is 5.71 Å². The van der Waals surface area contributed by atoms with Crippen LogP contribution in [-0.2, 0) is 0 Å². The Morgan fingerprint density at radius 3 is 2.50 bits per heavy atom. The molecule has 0 rings (SSSR count). The molecule has 0 radical (unpaired) electrons. The third kappa shape index (κ3) is 3.72. The molecule has 0 aromatic heterocycles. The molecular formula is C10H14N2. The first kappa shape index (κ1) is 10.6. The standard InChI is InChI=1S/C10H14N2/c1-5-10(6-11)7-12-9(4)8(2)3/h5,7-8H,1H2,2-4H3/b10-7+,12-9?. The summed E-state index contributed by atoms with van der Waals surface area (Å²) >= 11 is 0. The average Bonchev–Trinajstić information content (AvgIpc) is 2.05. The van der Waals surface area contributed by atoms with Crippen molar-refractivity contribution in [2.75, 3.05) is 0 Å². The number of aliphatic imine (C=N–C) groups is 1. The van der Waals surface area contributed by atoms with E-state index in [1.807, 2.05) is 13.0 Å². The first-order chi connectivity index (χ1) is 5.61. The van der Waals surface area contributed by atoms with Crippen molar-refractivity contribution in [2.45, 2.75) is 20.8 Å². The molecule has 0 aliphatic carbocycles. The number of hydrogen-bond acceptors (Lipinski definition) is 2. The maximum Gasteiger partial charge on any atom is 0.101 e. The highest BCUT2D eigenvalue weighted by Gasteiger charge is 1.95. The van der Waals surface area contributed by atoms with Gasteiger partial charge in [0.25, 0.3) is 0 Å². The number of rotatable bonds is 3. The van der Waals surface area contributed by atoms with Crippen LogP contribution in [0.5, 0.6) is 0 Å². The summed E-state index contributed by atoms with van der Waals surface area (Å²) < 4.78 is 0. The van der Waals surface area contributed by atoms with Gasteiger partial charge in [0.15, 0.2) is 0 Å². The smallest absolute Gasteiger partial charge is 0.101 e. The van der Waals surface area contributed by atoms with Gasteiger partial charge in [0.1, 0.15) is 6.07 Å². The molecular weight excluding hydrogens is 148 g/mol. The van der Waals surface area contributed by atoms with Crippen molar-refractivity contribution < 1.29 is 0 Å². The van der Waals surface area contributed by atoms with Crippen LogP contribution in [0.15, 0.2) is 29.4 Å². The number of nitrogens with zero attached hydrogens (tertiary/aromatic N) is 2. The second kappa shape index (κ2) is 5.31. The van der Waals surface area contributed by atoms with Gasteiger partial charge in [-0.2, -0.15) is 5.26 Å². The highest BCUT2D eigenvalue weighted by molar-refractivity contribution is 5.84. The number of nitriles is 1. The zero-order valence-corrected chi connectivity index (χ0v) is 7.83. The lowest BCUT2D eigenvalue weighted by Crippen LogP contribution is -2.00. The van der Waals surface area contributed by atoms with Crippen molar-refractivity contribution in [2.24, 2.45) is 10.9 Å². The molecule has 0 aliphatic heterocycles. The summed E-state index contributed by atoms with van der Waals surface area (Å²) in [7, 11) is 0. The van der Waals surface area contributed by atoms with E-state index < -0.39 is 0 Å². The zero-order chi connectivity index (χ0) is 9.56. The van der Waals surface area contributed by atoms with Crippen molar-refractivity contribution in [1.82, 2.24) is 0 Å². The van der Waals surface area contributed by atoms with Crippen molar-refractivity contribution in [3.05, 3.63) is 24.4 Å². The highest BCUT2D eigenvalue weighted by atomic mass is 14.7. The quantitative estimate of drug-likeness (QED) is 0.357. The summed E-state index contributed by atoms with van der Waals surface area (Å²) in [5.41, 5.74) is 1.51. The van der Waals surface area contributed by atoms with E-state index in [1.54, 1.807) is 6.20 Å². The van der Waals surface area contributed by atoms with Gasteiger partial charge >= 0.3 is 0 Å². The van der Waals surface area contributed by atoms with E-state index in [2.05, 4.69) is 25.4 Å². The Kier molecular flexibility index (Phi) is 4.71. The molecule has 0 aromatic rings. The number of hydrogen-bond donors (Lipinski definition) is 0. The molecule has 0 aliphatic rings. The Bertz CT molecular complexity index is 252. The van der Waals surface area contributed by atoms with Gasteiger partial charge in [-0.3, -0.25) is 4.99 Å². The van der Waals surface area contributed by atoms with Crippen LogP contribution in [0, 0.1) is 17.2 Å². The third-order valence-corrected chi connectivity index (χ3v) is 1.59. The first-order valence-corrected chi connectivity index (χ1v) is 3.88. The van der Waals surface area contributed by atoms with E-state index in [9.17, 15) is 0 Å². The summed E-state index contributed by atoms with van der Waals surface area (Å²) in [6.45, 7) is 9.56. The second-order valence-corrected chi connectivity index (χ2v) is 2.83. The van der Waals surface area contributed by atoms with Crippen molar-refractivity contribution >= 4 is 5.71 Å². The molecule has 0 aromatic carbocycles. The lowest BCUT2D eigenvalue weighted by atomic mass is 10.1. The van der Waals surface area contributed by atoms with Crippen LogP contribution < -0.4 is 0 Å². The average molecular weight is 162 g/mol. The molecule has 0 amide bonds. The predicted molar refractivity (Wildman–Crippen MR) is 51.8 cm³/mol. The summed E-state index contributed by atoms with van der Waals surface area (Å²) in [5.74, 6) is 0.422. The molecule has 0 N–H and O–H groups in total. The van der Waals surface area contributed by atoms with Gasteiger partial charge in [-0.15, -0.1) is 0 Å². The van der Waals surface area contributed by atoms with E-state index in [1.165, 1.54) is 6.08 Å². The maximum atomic E-state index is 8.52. The van der Waals surface area contributed by atoms with Crippen molar-refractivity contribution in [3.8, 4) is 6.07 Å². The molecule has 0 fully saturated rings. The summed E-state index contributed by atoms with van der Waals surface area (Å²) in [6, 6.07) is 1.98. The third-order valence-electron chi connectivity index (χ3n) is 1.59. The van der Waals surface area contributed by atoms with Crippen LogP contribution in [0.4, 0.5) is 0 Å². The Morgan fingerprint density at radius 1 is 1.58 bits per heavy atom.